The summed E-state index contributed by atoms with van der Waals surface area (Å²) in [5.74, 6) is 0.661. The second kappa shape index (κ2) is 4.21. The van der Waals surface area contributed by atoms with Gasteiger partial charge in [0.25, 0.3) is 0 Å². The number of carbonyl (C=O) groups is 2. The SMILES string of the molecule is CC1NC(=O)CN(CC2CCCC2)C1=O. The zero-order chi connectivity index (χ0) is 10.8. The van der Waals surface area contributed by atoms with Crippen molar-refractivity contribution in [2.24, 2.45) is 5.92 Å². The Labute approximate surface area is 90.0 Å². The van der Waals surface area contributed by atoms with Crippen LogP contribution >= 0.6 is 0 Å². The van der Waals surface area contributed by atoms with Crippen molar-refractivity contribution < 1.29 is 9.59 Å². The van der Waals surface area contributed by atoms with Crippen LogP contribution in [0.15, 0.2) is 0 Å². The van der Waals surface area contributed by atoms with Gasteiger partial charge in [-0.05, 0) is 25.7 Å². The van der Waals surface area contributed by atoms with Crippen LogP contribution in [0.4, 0.5) is 0 Å². The second-order valence-corrected chi connectivity index (χ2v) is 4.66. The summed E-state index contributed by atoms with van der Waals surface area (Å²) in [4.78, 5) is 24.8. The van der Waals surface area contributed by atoms with Crippen molar-refractivity contribution in [1.82, 2.24) is 10.2 Å². The summed E-state index contributed by atoms with van der Waals surface area (Å²) >= 11 is 0. The van der Waals surface area contributed by atoms with E-state index < -0.39 is 0 Å². The van der Waals surface area contributed by atoms with E-state index in [9.17, 15) is 9.59 Å². The average molecular weight is 210 g/mol. The Hall–Kier alpha value is -1.06. The summed E-state index contributed by atoms with van der Waals surface area (Å²) in [5, 5.41) is 2.65. The highest BCUT2D eigenvalue weighted by atomic mass is 16.2. The molecule has 1 aliphatic heterocycles. The molecule has 0 radical (unpaired) electrons. The highest BCUT2D eigenvalue weighted by molar-refractivity contribution is 5.94. The fourth-order valence-corrected chi connectivity index (χ4v) is 2.53. The van der Waals surface area contributed by atoms with Crippen LogP contribution in [0.1, 0.15) is 32.6 Å². The van der Waals surface area contributed by atoms with Crippen LogP contribution in [0.3, 0.4) is 0 Å². The zero-order valence-electron chi connectivity index (χ0n) is 9.16. The van der Waals surface area contributed by atoms with Crippen LogP contribution in [-0.4, -0.2) is 35.8 Å². The third kappa shape index (κ3) is 2.30. The highest BCUT2D eigenvalue weighted by Gasteiger charge is 2.31. The van der Waals surface area contributed by atoms with Gasteiger partial charge < -0.3 is 10.2 Å². The van der Waals surface area contributed by atoms with Crippen molar-refractivity contribution in [2.75, 3.05) is 13.1 Å². The fraction of sp³-hybridized carbons (Fsp3) is 0.818. The lowest BCUT2D eigenvalue weighted by atomic mass is 10.1. The maximum atomic E-state index is 11.8. The molecular weight excluding hydrogens is 192 g/mol. The Morgan fingerprint density at radius 3 is 2.67 bits per heavy atom. The second-order valence-electron chi connectivity index (χ2n) is 4.66. The fourth-order valence-electron chi connectivity index (χ4n) is 2.53. The number of amides is 2. The number of hydrogen-bond acceptors (Lipinski definition) is 2. The summed E-state index contributed by atoms with van der Waals surface area (Å²) in [5.41, 5.74) is 0. The molecule has 1 unspecified atom stereocenters. The van der Waals surface area contributed by atoms with Crippen molar-refractivity contribution in [3.8, 4) is 0 Å². The number of nitrogens with one attached hydrogen (secondary N) is 1. The van der Waals surface area contributed by atoms with Crippen molar-refractivity contribution in [2.45, 2.75) is 38.6 Å². The summed E-state index contributed by atoms with van der Waals surface area (Å²) in [6.07, 6.45) is 4.96. The van der Waals surface area contributed by atoms with E-state index in [1.54, 1.807) is 11.8 Å². The molecule has 4 heteroatoms. The third-order valence-electron chi connectivity index (χ3n) is 3.35. The largest absolute Gasteiger partial charge is 0.343 e. The van der Waals surface area contributed by atoms with Gasteiger partial charge >= 0.3 is 0 Å². The van der Waals surface area contributed by atoms with Gasteiger partial charge in [-0.1, -0.05) is 12.8 Å². The summed E-state index contributed by atoms with van der Waals surface area (Å²) < 4.78 is 0. The Morgan fingerprint density at radius 2 is 2.00 bits per heavy atom. The van der Waals surface area contributed by atoms with Crippen molar-refractivity contribution in [1.29, 1.82) is 0 Å². The van der Waals surface area contributed by atoms with Crippen molar-refractivity contribution in [3.05, 3.63) is 0 Å². The van der Waals surface area contributed by atoms with Gasteiger partial charge in [0.15, 0.2) is 0 Å². The third-order valence-corrected chi connectivity index (χ3v) is 3.35. The highest BCUT2D eigenvalue weighted by Crippen LogP contribution is 2.25. The Balaban J connectivity index is 1.94. The van der Waals surface area contributed by atoms with Gasteiger partial charge in [-0.3, -0.25) is 9.59 Å². The van der Waals surface area contributed by atoms with E-state index in [4.69, 9.17) is 0 Å². The molecule has 0 aromatic rings. The van der Waals surface area contributed by atoms with Crippen LogP contribution < -0.4 is 5.32 Å². The van der Waals surface area contributed by atoms with Gasteiger partial charge in [0, 0.05) is 6.54 Å². The Morgan fingerprint density at radius 1 is 1.33 bits per heavy atom. The Kier molecular flexibility index (Phi) is 2.93. The number of piperazine rings is 1. The smallest absolute Gasteiger partial charge is 0.245 e. The zero-order valence-corrected chi connectivity index (χ0v) is 9.16. The topological polar surface area (TPSA) is 49.4 Å². The molecule has 0 aromatic carbocycles. The first-order chi connectivity index (χ1) is 7.16. The predicted octanol–water partition coefficient (Wildman–Crippen LogP) is 0.523. The van der Waals surface area contributed by atoms with E-state index in [-0.39, 0.29) is 24.4 Å². The van der Waals surface area contributed by atoms with E-state index in [2.05, 4.69) is 5.32 Å². The van der Waals surface area contributed by atoms with E-state index in [0.717, 1.165) is 6.54 Å². The molecule has 1 saturated heterocycles. The lowest BCUT2D eigenvalue weighted by molar-refractivity contribution is -0.144. The van der Waals surface area contributed by atoms with Gasteiger partial charge in [0.1, 0.15) is 6.04 Å². The maximum absolute atomic E-state index is 11.8. The van der Waals surface area contributed by atoms with E-state index in [0.29, 0.717) is 5.92 Å². The van der Waals surface area contributed by atoms with Gasteiger partial charge in [-0.15, -0.1) is 0 Å². The molecule has 2 aliphatic rings. The summed E-state index contributed by atoms with van der Waals surface area (Å²) in [6, 6.07) is -0.340. The standard InChI is InChI=1S/C11H18N2O2/c1-8-11(15)13(7-10(14)12-8)6-9-4-2-3-5-9/h8-9H,2-7H2,1H3,(H,12,14). The average Bonchev–Trinajstić information content (AvgIpc) is 2.66. The first-order valence-corrected chi connectivity index (χ1v) is 5.75. The van der Waals surface area contributed by atoms with Gasteiger partial charge in [-0.2, -0.15) is 0 Å². The first-order valence-electron chi connectivity index (χ1n) is 5.75. The minimum atomic E-state index is -0.340. The molecule has 0 bridgehead atoms. The van der Waals surface area contributed by atoms with E-state index in [1.807, 2.05) is 0 Å². The minimum Gasteiger partial charge on any atom is -0.343 e. The van der Waals surface area contributed by atoms with E-state index >= 15 is 0 Å². The Bertz CT molecular complexity index is 272. The van der Waals surface area contributed by atoms with Gasteiger partial charge in [-0.25, -0.2) is 0 Å². The van der Waals surface area contributed by atoms with Crippen LogP contribution in [0.5, 0.6) is 0 Å². The lowest BCUT2D eigenvalue weighted by Gasteiger charge is -2.32. The first kappa shape index (κ1) is 10.5. The van der Waals surface area contributed by atoms with Crippen LogP contribution in [-0.2, 0) is 9.59 Å². The van der Waals surface area contributed by atoms with Crippen LogP contribution in [0.2, 0.25) is 0 Å². The molecule has 2 fully saturated rings. The lowest BCUT2D eigenvalue weighted by Crippen LogP contribution is -2.57. The summed E-state index contributed by atoms with van der Waals surface area (Å²) in [6.45, 7) is 2.78. The predicted molar refractivity (Wildman–Crippen MR) is 56.1 cm³/mol. The molecule has 1 heterocycles. The normalized spacial score (nSPS) is 28.3. The van der Waals surface area contributed by atoms with Crippen LogP contribution in [0.25, 0.3) is 0 Å². The minimum absolute atomic E-state index is 0.0277. The maximum Gasteiger partial charge on any atom is 0.245 e. The molecule has 1 saturated carbocycles. The molecule has 15 heavy (non-hydrogen) atoms. The molecule has 4 nitrogen and oxygen atoms in total. The molecular formula is C11H18N2O2. The van der Waals surface area contributed by atoms with Gasteiger partial charge in [0.2, 0.25) is 11.8 Å². The molecule has 2 rings (SSSR count). The van der Waals surface area contributed by atoms with Crippen molar-refractivity contribution in [3.63, 3.8) is 0 Å². The molecule has 1 atom stereocenters. The van der Waals surface area contributed by atoms with Gasteiger partial charge in [0.05, 0.1) is 6.54 Å². The number of rotatable bonds is 2. The quantitative estimate of drug-likeness (QED) is 0.722. The molecule has 84 valence electrons. The molecule has 0 aromatic heterocycles. The number of hydrogen-bond donors (Lipinski definition) is 1. The monoisotopic (exact) mass is 210 g/mol. The van der Waals surface area contributed by atoms with Crippen molar-refractivity contribution >= 4 is 11.8 Å². The number of nitrogens with zero attached hydrogens (tertiary/aromatic N) is 1. The molecule has 1 N–H and O–H groups in total. The molecule has 2 amide bonds. The molecule has 0 spiro atoms. The molecule has 1 aliphatic carbocycles. The van der Waals surface area contributed by atoms with Crippen LogP contribution in [0, 0.1) is 5.92 Å². The van der Waals surface area contributed by atoms with E-state index in [1.165, 1.54) is 25.7 Å². The summed E-state index contributed by atoms with van der Waals surface area (Å²) in [7, 11) is 0. The number of carbonyl (C=O) groups excluding carboxylic acids is 2.